The van der Waals surface area contributed by atoms with E-state index in [1.54, 1.807) is 0 Å². The highest BCUT2D eigenvalue weighted by Gasteiger charge is 2.37. The average Bonchev–Trinajstić information content (AvgIpc) is 2.07. The van der Waals surface area contributed by atoms with Crippen LogP contribution in [0.1, 0.15) is 13.3 Å². The number of rotatable bonds is 2. The van der Waals surface area contributed by atoms with Crippen molar-refractivity contribution in [2.75, 3.05) is 6.61 Å². The third-order valence-corrected chi connectivity index (χ3v) is 4.62. The van der Waals surface area contributed by atoms with Gasteiger partial charge >= 0.3 is 0 Å². The highest BCUT2D eigenvalue weighted by molar-refractivity contribution is 8.35. The van der Waals surface area contributed by atoms with Crippen molar-refractivity contribution in [3.05, 3.63) is 0 Å². The van der Waals surface area contributed by atoms with Crippen LogP contribution in [-0.2, 0) is 0 Å². The van der Waals surface area contributed by atoms with Crippen LogP contribution in [0.4, 0.5) is 0 Å². The maximum absolute atomic E-state index is 8.58. The van der Waals surface area contributed by atoms with E-state index in [0.29, 0.717) is 0 Å². The van der Waals surface area contributed by atoms with Gasteiger partial charge in [0.15, 0.2) is 0 Å². The van der Waals surface area contributed by atoms with Crippen LogP contribution in [0.15, 0.2) is 0 Å². The Hall–Kier alpha value is 0.01000. The van der Waals surface area contributed by atoms with Crippen molar-refractivity contribution in [3.63, 3.8) is 0 Å². The Labute approximate surface area is 56.3 Å². The largest absolute Gasteiger partial charge is 0.396 e. The SMILES string of the molecule is C=S1(N)=C[C@@]1(C)CCO. The summed E-state index contributed by atoms with van der Waals surface area (Å²) in [7, 11) is -1.15. The summed E-state index contributed by atoms with van der Waals surface area (Å²) in [5.74, 6) is 3.85. The summed E-state index contributed by atoms with van der Waals surface area (Å²) < 4.78 is 0.0712. The quantitative estimate of drug-likeness (QED) is 0.542. The van der Waals surface area contributed by atoms with Crippen LogP contribution in [0.3, 0.4) is 0 Å². The van der Waals surface area contributed by atoms with Crippen molar-refractivity contribution in [1.82, 2.24) is 0 Å². The van der Waals surface area contributed by atoms with Gasteiger partial charge in [0.1, 0.15) is 0 Å². The summed E-state index contributed by atoms with van der Waals surface area (Å²) in [5, 5.41) is 16.4. The minimum Gasteiger partial charge on any atom is -0.396 e. The Balaban J connectivity index is 2.58. The number of hydrogen-bond acceptors (Lipinski definition) is 2. The second-order valence-electron chi connectivity index (χ2n) is 2.75. The van der Waals surface area contributed by atoms with Gasteiger partial charge in [0, 0.05) is 11.4 Å². The van der Waals surface area contributed by atoms with Crippen molar-refractivity contribution >= 4 is 20.6 Å². The Kier molecular flexibility index (Phi) is 1.38. The predicted octanol–water partition coefficient (Wildman–Crippen LogP) is 0.0536. The molecule has 2 atom stereocenters. The third-order valence-electron chi connectivity index (χ3n) is 1.88. The van der Waals surface area contributed by atoms with Crippen LogP contribution in [0.5, 0.6) is 0 Å². The smallest absolute Gasteiger partial charge is 0.0447 e. The third kappa shape index (κ3) is 1.000. The van der Waals surface area contributed by atoms with Crippen molar-refractivity contribution in [3.8, 4) is 0 Å². The number of aliphatic hydroxyl groups excluding tert-OH is 1. The van der Waals surface area contributed by atoms with Gasteiger partial charge in [-0.25, -0.2) is 0 Å². The van der Waals surface area contributed by atoms with Gasteiger partial charge in [0.25, 0.3) is 0 Å². The molecule has 2 nitrogen and oxygen atoms in total. The Morgan fingerprint density at radius 1 is 1.89 bits per heavy atom. The van der Waals surface area contributed by atoms with E-state index in [9.17, 15) is 0 Å². The van der Waals surface area contributed by atoms with Crippen molar-refractivity contribution in [2.45, 2.75) is 18.1 Å². The van der Waals surface area contributed by atoms with Crippen LogP contribution in [-0.4, -0.2) is 27.7 Å². The molecule has 0 aromatic rings. The van der Waals surface area contributed by atoms with Crippen molar-refractivity contribution < 1.29 is 5.11 Å². The molecule has 1 rings (SSSR count). The van der Waals surface area contributed by atoms with Crippen molar-refractivity contribution in [1.29, 1.82) is 0 Å². The maximum atomic E-state index is 8.58. The minimum absolute atomic E-state index is 0.0712. The predicted molar refractivity (Wildman–Crippen MR) is 45.1 cm³/mol. The summed E-state index contributed by atoms with van der Waals surface area (Å²) in [6, 6.07) is 0. The average molecular weight is 147 g/mol. The van der Waals surface area contributed by atoms with Gasteiger partial charge in [-0.05, 0) is 18.7 Å². The lowest BCUT2D eigenvalue weighted by atomic mass is 10.1. The number of aliphatic hydroxyl groups is 1. The first-order valence-electron chi connectivity index (χ1n) is 2.92. The van der Waals surface area contributed by atoms with Gasteiger partial charge in [-0.15, -0.1) is 0 Å². The molecule has 0 saturated carbocycles. The molecule has 54 valence electrons. The van der Waals surface area contributed by atoms with E-state index in [0.717, 1.165) is 6.42 Å². The molecule has 0 aliphatic carbocycles. The molecular weight excluding hydrogens is 134 g/mol. The van der Waals surface area contributed by atoms with E-state index in [-0.39, 0.29) is 11.4 Å². The normalized spacial score (nSPS) is 48.3. The molecule has 3 heteroatoms. The molecule has 9 heavy (non-hydrogen) atoms. The summed E-state index contributed by atoms with van der Waals surface area (Å²) in [6.07, 6.45) is 0.766. The van der Waals surface area contributed by atoms with E-state index in [1.165, 1.54) is 0 Å². The molecule has 1 aliphatic rings. The van der Waals surface area contributed by atoms with Gasteiger partial charge in [0.05, 0.1) is 0 Å². The topological polar surface area (TPSA) is 46.2 Å². The van der Waals surface area contributed by atoms with Crippen molar-refractivity contribution in [2.24, 2.45) is 5.14 Å². The fourth-order valence-corrected chi connectivity index (χ4v) is 2.69. The Morgan fingerprint density at radius 2 is 2.33 bits per heavy atom. The van der Waals surface area contributed by atoms with E-state index >= 15 is 0 Å². The van der Waals surface area contributed by atoms with Crippen LogP contribution >= 0.6 is 9.39 Å². The standard InChI is InChI=1S/C6H13NOS/c1-6(3-4-8)5-9(6,2)7/h5,8H,2-4,7H2,1H3/t6-,9?/m1/s1. The fourth-order valence-electron chi connectivity index (χ4n) is 0.892. The van der Waals surface area contributed by atoms with Gasteiger partial charge < -0.3 is 5.11 Å². The lowest BCUT2D eigenvalue weighted by Crippen LogP contribution is -2.12. The lowest BCUT2D eigenvalue weighted by Gasteiger charge is -2.10. The van der Waals surface area contributed by atoms with Crippen LogP contribution in [0.2, 0.25) is 0 Å². The zero-order valence-electron chi connectivity index (χ0n) is 5.63. The zero-order valence-corrected chi connectivity index (χ0v) is 6.45. The first kappa shape index (κ1) is 7.12. The van der Waals surface area contributed by atoms with Gasteiger partial charge in [-0.2, -0.15) is 9.39 Å². The highest BCUT2D eigenvalue weighted by atomic mass is 32.2. The molecule has 0 aromatic heterocycles. The van der Waals surface area contributed by atoms with E-state index in [2.05, 4.69) is 11.2 Å². The summed E-state index contributed by atoms with van der Waals surface area (Å²) in [5.41, 5.74) is 0. The number of nitrogens with two attached hydrogens (primary N) is 1. The first-order chi connectivity index (χ1) is 4.02. The molecule has 1 unspecified atom stereocenters. The Bertz CT molecular complexity index is 227. The molecule has 0 amide bonds. The summed E-state index contributed by atoms with van der Waals surface area (Å²) in [4.78, 5) is 0. The minimum atomic E-state index is -1.15. The monoisotopic (exact) mass is 147 g/mol. The van der Waals surface area contributed by atoms with Gasteiger partial charge in [-0.3, -0.25) is 5.14 Å². The molecule has 0 fully saturated rings. The fraction of sp³-hybridized carbons (Fsp3) is 0.667. The van der Waals surface area contributed by atoms with Crippen LogP contribution < -0.4 is 5.14 Å². The van der Waals surface area contributed by atoms with Gasteiger partial charge in [-0.1, -0.05) is 5.87 Å². The van der Waals surface area contributed by atoms with Crippen LogP contribution in [0, 0.1) is 0 Å². The first-order valence-corrected chi connectivity index (χ1v) is 4.85. The van der Waals surface area contributed by atoms with Crippen LogP contribution in [0.25, 0.3) is 0 Å². The molecule has 0 spiro atoms. The van der Waals surface area contributed by atoms with E-state index < -0.39 is 9.39 Å². The summed E-state index contributed by atoms with van der Waals surface area (Å²) >= 11 is 0. The van der Waals surface area contributed by atoms with Gasteiger partial charge in [0.2, 0.25) is 0 Å². The molecule has 0 bridgehead atoms. The van der Waals surface area contributed by atoms with E-state index in [1.807, 2.05) is 6.92 Å². The summed E-state index contributed by atoms with van der Waals surface area (Å²) in [6.45, 7) is 2.26. The molecule has 0 saturated heterocycles. The molecule has 0 aromatic carbocycles. The lowest BCUT2D eigenvalue weighted by molar-refractivity contribution is 0.284. The Morgan fingerprint density at radius 3 is 2.44 bits per heavy atom. The second kappa shape index (κ2) is 1.75. The maximum Gasteiger partial charge on any atom is 0.0447 e. The molecule has 1 aliphatic heterocycles. The molecule has 3 N–H and O–H groups in total. The second-order valence-corrected chi connectivity index (χ2v) is 5.62. The molecule has 0 radical (unpaired) electrons. The molecular formula is C6H13NOS. The molecule has 1 heterocycles. The zero-order chi connectivity index (χ0) is 7.12. The number of hydrogen-bond donors (Lipinski definition) is 2. The highest BCUT2D eigenvalue weighted by Crippen LogP contribution is 2.47. The van der Waals surface area contributed by atoms with E-state index in [4.69, 9.17) is 10.2 Å².